The van der Waals surface area contributed by atoms with E-state index in [1.807, 2.05) is 36.5 Å². The van der Waals surface area contributed by atoms with Crippen molar-refractivity contribution >= 4 is 12.0 Å². The van der Waals surface area contributed by atoms with E-state index in [0.29, 0.717) is 19.5 Å². The van der Waals surface area contributed by atoms with Gasteiger partial charge in [-0.1, -0.05) is 18.2 Å². The van der Waals surface area contributed by atoms with Crippen LogP contribution in [-0.2, 0) is 4.79 Å². The first-order valence-electron chi connectivity index (χ1n) is 6.97. The van der Waals surface area contributed by atoms with E-state index in [0.717, 1.165) is 11.3 Å². The summed E-state index contributed by atoms with van der Waals surface area (Å²) >= 11 is 0. The number of aliphatic hydroxyl groups excluding tert-OH is 1. The van der Waals surface area contributed by atoms with E-state index >= 15 is 0 Å². The predicted molar refractivity (Wildman–Crippen MR) is 79.8 cm³/mol. The molecule has 1 N–H and O–H groups in total. The Morgan fingerprint density at radius 2 is 2.14 bits per heavy atom. The molecule has 5 heteroatoms. The van der Waals surface area contributed by atoms with Gasteiger partial charge in [-0.15, -0.1) is 0 Å². The maximum atomic E-state index is 11.9. The first-order chi connectivity index (χ1) is 10.2. The summed E-state index contributed by atoms with van der Waals surface area (Å²) in [7, 11) is 0. The SMILES string of the molecule is O=C(C=Cc1cnn(-c2ccccc2)c1)N1CC[C@@H](O)C1. The van der Waals surface area contributed by atoms with Crippen LogP contribution in [0.5, 0.6) is 0 Å². The maximum Gasteiger partial charge on any atom is 0.246 e. The van der Waals surface area contributed by atoms with Crippen LogP contribution in [0, 0.1) is 0 Å². The quantitative estimate of drug-likeness (QED) is 0.868. The van der Waals surface area contributed by atoms with Crippen LogP contribution in [0.1, 0.15) is 12.0 Å². The second kappa shape index (κ2) is 5.93. The third-order valence-electron chi connectivity index (χ3n) is 3.52. The van der Waals surface area contributed by atoms with Crippen molar-refractivity contribution in [1.82, 2.24) is 14.7 Å². The van der Waals surface area contributed by atoms with Crippen LogP contribution in [0.25, 0.3) is 11.8 Å². The van der Waals surface area contributed by atoms with Crippen LogP contribution >= 0.6 is 0 Å². The van der Waals surface area contributed by atoms with Crippen molar-refractivity contribution in [2.24, 2.45) is 0 Å². The van der Waals surface area contributed by atoms with Gasteiger partial charge in [0.15, 0.2) is 0 Å². The van der Waals surface area contributed by atoms with Gasteiger partial charge in [-0.3, -0.25) is 4.79 Å². The van der Waals surface area contributed by atoms with E-state index in [-0.39, 0.29) is 12.0 Å². The summed E-state index contributed by atoms with van der Waals surface area (Å²) in [6.07, 6.45) is 7.14. The van der Waals surface area contributed by atoms with Crippen molar-refractivity contribution in [3.8, 4) is 5.69 Å². The van der Waals surface area contributed by atoms with Crippen molar-refractivity contribution < 1.29 is 9.90 Å². The van der Waals surface area contributed by atoms with Crippen molar-refractivity contribution in [3.05, 3.63) is 54.4 Å². The number of carbonyl (C=O) groups excluding carboxylic acids is 1. The molecule has 0 bridgehead atoms. The molecule has 2 aromatic rings. The molecule has 0 radical (unpaired) electrons. The highest BCUT2D eigenvalue weighted by molar-refractivity contribution is 5.91. The van der Waals surface area contributed by atoms with Crippen molar-refractivity contribution in [1.29, 1.82) is 0 Å². The summed E-state index contributed by atoms with van der Waals surface area (Å²) in [6, 6.07) is 9.80. The van der Waals surface area contributed by atoms with Gasteiger partial charge in [0, 0.05) is 30.9 Å². The summed E-state index contributed by atoms with van der Waals surface area (Å²) in [5.74, 6) is -0.0704. The molecule has 1 fully saturated rings. The lowest BCUT2D eigenvalue weighted by Gasteiger charge is -2.11. The monoisotopic (exact) mass is 283 g/mol. The van der Waals surface area contributed by atoms with E-state index in [1.54, 1.807) is 21.9 Å². The number of aliphatic hydroxyl groups is 1. The van der Waals surface area contributed by atoms with Crippen molar-refractivity contribution in [2.45, 2.75) is 12.5 Å². The minimum atomic E-state index is -0.386. The summed E-state index contributed by atoms with van der Waals surface area (Å²) in [5, 5.41) is 13.7. The fraction of sp³-hybridized carbons (Fsp3) is 0.250. The third-order valence-corrected chi connectivity index (χ3v) is 3.52. The van der Waals surface area contributed by atoms with Gasteiger partial charge in [-0.05, 0) is 24.6 Å². The number of carbonyl (C=O) groups is 1. The minimum absolute atomic E-state index is 0.0704. The zero-order valence-corrected chi connectivity index (χ0v) is 11.6. The standard InChI is InChI=1S/C16H17N3O2/c20-15-8-9-18(12-15)16(21)7-6-13-10-17-19(11-13)14-4-2-1-3-5-14/h1-7,10-11,15,20H,8-9,12H2/t15-/m1/s1. The first kappa shape index (κ1) is 13.6. The Labute approximate surface area is 123 Å². The number of aromatic nitrogens is 2. The molecule has 108 valence electrons. The molecule has 0 spiro atoms. The maximum absolute atomic E-state index is 11.9. The van der Waals surface area contributed by atoms with Crippen LogP contribution in [0.15, 0.2) is 48.8 Å². The number of hydrogen-bond acceptors (Lipinski definition) is 3. The molecular formula is C16H17N3O2. The van der Waals surface area contributed by atoms with Crippen LogP contribution in [-0.4, -0.2) is 44.9 Å². The second-order valence-corrected chi connectivity index (χ2v) is 5.11. The molecule has 1 amide bonds. The van der Waals surface area contributed by atoms with Gasteiger partial charge in [0.05, 0.1) is 18.0 Å². The van der Waals surface area contributed by atoms with E-state index in [9.17, 15) is 9.90 Å². The fourth-order valence-electron chi connectivity index (χ4n) is 2.36. The van der Waals surface area contributed by atoms with Gasteiger partial charge < -0.3 is 10.0 Å². The zero-order chi connectivity index (χ0) is 14.7. The Bertz CT molecular complexity index is 649. The van der Waals surface area contributed by atoms with E-state index in [4.69, 9.17) is 0 Å². The summed E-state index contributed by atoms with van der Waals surface area (Å²) in [6.45, 7) is 1.04. The van der Waals surface area contributed by atoms with Crippen LogP contribution < -0.4 is 0 Å². The molecule has 1 atom stereocenters. The Hall–Kier alpha value is -2.40. The lowest BCUT2D eigenvalue weighted by atomic mass is 10.3. The van der Waals surface area contributed by atoms with E-state index < -0.39 is 0 Å². The van der Waals surface area contributed by atoms with Gasteiger partial charge in [0.25, 0.3) is 0 Å². The summed E-state index contributed by atoms with van der Waals surface area (Å²) < 4.78 is 1.77. The molecule has 5 nitrogen and oxygen atoms in total. The largest absolute Gasteiger partial charge is 0.391 e. The topological polar surface area (TPSA) is 58.4 Å². The van der Waals surface area contributed by atoms with Crippen LogP contribution in [0.3, 0.4) is 0 Å². The molecule has 0 unspecified atom stereocenters. The Balaban J connectivity index is 1.67. The Morgan fingerprint density at radius 3 is 2.86 bits per heavy atom. The number of likely N-dealkylation sites (tertiary alicyclic amines) is 1. The molecule has 2 heterocycles. The highest BCUT2D eigenvalue weighted by Crippen LogP contribution is 2.11. The van der Waals surface area contributed by atoms with Crippen LogP contribution in [0.2, 0.25) is 0 Å². The number of hydrogen-bond donors (Lipinski definition) is 1. The molecule has 3 rings (SSSR count). The fourth-order valence-corrected chi connectivity index (χ4v) is 2.36. The van der Waals surface area contributed by atoms with Gasteiger partial charge in [-0.25, -0.2) is 4.68 Å². The summed E-state index contributed by atoms with van der Waals surface area (Å²) in [4.78, 5) is 13.6. The number of nitrogens with zero attached hydrogens (tertiary/aromatic N) is 3. The number of rotatable bonds is 3. The molecule has 0 saturated carbocycles. The number of β-amino-alcohol motifs (C(OH)–C–C–N with tert-alkyl or cyclic N) is 1. The lowest BCUT2D eigenvalue weighted by Crippen LogP contribution is -2.27. The second-order valence-electron chi connectivity index (χ2n) is 5.11. The lowest BCUT2D eigenvalue weighted by molar-refractivity contribution is -0.125. The minimum Gasteiger partial charge on any atom is -0.391 e. The molecule has 1 aromatic heterocycles. The zero-order valence-electron chi connectivity index (χ0n) is 11.6. The van der Waals surface area contributed by atoms with Gasteiger partial charge in [0.1, 0.15) is 0 Å². The highest BCUT2D eigenvalue weighted by Gasteiger charge is 2.22. The highest BCUT2D eigenvalue weighted by atomic mass is 16.3. The molecule has 1 aliphatic heterocycles. The normalized spacial score (nSPS) is 18.5. The average Bonchev–Trinajstić information content (AvgIpc) is 3.15. The average molecular weight is 283 g/mol. The first-order valence-corrected chi connectivity index (χ1v) is 6.97. The Morgan fingerprint density at radius 1 is 1.33 bits per heavy atom. The molecule has 0 aliphatic carbocycles. The number of para-hydroxylation sites is 1. The predicted octanol–water partition coefficient (Wildman–Crippen LogP) is 1.48. The van der Waals surface area contributed by atoms with E-state index in [1.165, 1.54) is 6.08 Å². The van der Waals surface area contributed by atoms with Gasteiger partial charge in [0.2, 0.25) is 5.91 Å². The Kier molecular flexibility index (Phi) is 3.83. The molecule has 1 aromatic carbocycles. The molecule has 21 heavy (non-hydrogen) atoms. The van der Waals surface area contributed by atoms with Gasteiger partial charge >= 0.3 is 0 Å². The van der Waals surface area contributed by atoms with E-state index in [2.05, 4.69) is 5.10 Å². The smallest absolute Gasteiger partial charge is 0.246 e. The molecular weight excluding hydrogens is 266 g/mol. The van der Waals surface area contributed by atoms with Crippen molar-refractivity contribution in [2.75, 3.05) is 13.1 Å². The van der Waals surface area contributed by atoms with Gasteiger partial charge in [-0.2, -0.15) is 5.10 Å². The van der Waals surface area contributed by atoms with Crippen LogP contribution in [0.4, 0.5) is 0 Å². The third kappa shape index (κ3) is 3.20. The number of amides is 1. The molecule has 1 aliphatic rings. The molecule has 1 saturated heterocycles. The number of benzene rings is 1. The summed E-state index contributed by atoms with van der Waals surface area (Å²) in [5.41, 5.74) is 1.85. The van der Waals surface area contributed by atoms with Crippen molar-refractivity contribution in [3.63, 3.8) is 0 Å².